The van der Waals surface area contributed by atoms with Crippen molar-refractivity contribution in [1.82, 2.24) is 5.32 Å². The van der Waals surface area contributed by atoms with E-state index in [0.717, 1.165) is 22.6 Å². The summed E-state index contributed by atoms with van der Waals surface area (Å²) in [5, 5.41) is 12.7. The monoisotopic (exact) mass is 398 g/mol. The molecule has 0 bridgehead atoms. The van der Waals surface area contributed by atoms with E-state index in [1.165, 1.54) is 18.4 Å². The number of hydrogen-bond donors (Lipinski definition) is 2. The summed E-state index contributed by atoms with van der Waals surface area (Å²) in [6.07, 6.45) is 2.20. The molecule has 0 aliphatic heterocycles. The van der Waals surface area contributed by atoms with E-state index in [-0.39, 0.29) is 16.8 Å². The summed E-state index contributed by atoms with van der Waals surface area (Å²) in [7, 11) is -4.24. The number of nitrogens with one attached hydrogen (secondary N) is 1. The van der Waals surface area contributed by atoms with E-state index in [2.05, 4.69) is 5.32 Å². The van der Waals surface area contributed by atoms with Crippen LogP contribution >= 0.6 is 0 Å². The highest BCUT2D eigenvalue weighted by atomic mass is 32.3. The van der Waals surface area contributed by atoms with E-state index < -0.39 is 14.8 Å². The third-order valence-electron chi connectivity index (χ3n) is 4.83. The number of nitriles is 1. The van der Waals surface area contributed by atoms with Gasteiger partial charge in [-0.15, -0.1) is 9.35 Å². The van der Waals surface area contributed by atoms with Gasteiger partial charge in [-0.3, -0.25) is 9.35 Å². The van der Waals surface area contributed by atoms with Gasteiger partial charge in [0.2, 0.25) is 5.91 Å². The lowest BCUT2D eigenvalue weighted by atomic mass is 9.83. The van der Waals surface area contributed by atoms with Crippen LogP contribution in [0.5, 0.6) is 0 Å². The Balaban J connectivity index is 2.24. The molecule has 2 N–H and O–H groups in total. The summed E-state index contributed by atoms with van der Waals surface area (Å²) in [5.41, 5.74) is 0.908. The number of benzene rings is 2. The Labute approximate surface area is 166 Å². The molecule has 0 spiro atoms. The third kappa shape index (κ3) is 4.75. The lowest BCUT2D eigenvalue weighted by Crippen LogP contribution is -2.41. The van der Waals surface area contributed by atoms with E-state index in [1.807, 2.05) is 51.1 Å². The number of hydrogen-bond acceptors (Lipinski definition) is 3. The van der Waals surface area contributed by atoms with Crippen LogP contribution in [0.15, 0.2) is 71.0 Å². The number of carbonyl (C=O) groups excluding carboxylic acids is 1. The van der Waals surface area contributed by atoms with Crippen LogP contribution in [0.2, 0.25) is 0 Å². The predicted molar refractivity (Wildman–Crippen MR) is 112 cm³/mol. The van der Waals surface area contributed by atoms with Crippen molar-refractivity contribution >= 4 is 15.3 Å². The molecule has 0 saturated heterocycles. The second-order valence-electron chi connectivity index (χ2n) is 7.54. The average molecular weight is 399 g/mol. The van der Waals surface area contributed by atoms with Crippen LogP contribution in [0.3, 0.4) is 0 Å². The SMILES string of the molecule is C[C@H](NC(=O)C(C)(C)c1ccc(S(C)(=O)(O)/C=C/C#N)cc1)c1ccccc1. The molecule has 5 nitrogen and oxygen atoms in total. The molecule has 0 unspecified atom stereocenters. The summed E-state index contributed by atoms with van der Waals surface area (Å²) in [4.78, 5) is 13.1. The van der Waals surface area contributed by atoms with Crippen LogP contribution in [-0.2, 0) is 19.6 Å². The zero-order valence-corrected chi connectivity index (χ0v) is 17.4. The summed E-state index contributed by atoms with van der Waals surface area (Å²) >= 11 is 0. The lowest BCUT2D eigenvalue weighted by molar-refractivity contribution is -0.126. The molecular weight excluding hydrogens is 372 g/mol. The molecule has 6 heteroatoms. The topological polar surface area (TPSA) is 90.2 Å². The van der Waals surface area contributed by atoms with E-state index in [1.54, 1.807) is 18.2 Å². The molecule has 0 aliphatic carbocycles. The maximum absolute atomic E-state index is 12.9. The molecule has 0 aromatic heterocycles. The van der Waals surface area contributed by atoms with Crippen molar-refractivity contribution in [2.24, 2.45) is 0 Å². The highest BCUT2D eigenvalue weighted by Gasteiger charge is 2.31. The molecular formula is C22H26N2O3S. The Hall–Kier alpha value is -2.75. The summed E-state index contributed by atoms with van der Waals surface area (Å²) < 4.78 is 23.2. The van der Waals surface area contributed by atoms with Crippen LogP contribution in [0.25, 0.3) is 0 Å². The molecule has 0 radical (unpaired) electrons. The quantitative estimate of drug-likeness (QED) is 0.715. The maximum Gasteiger partial charge on any atom is 0.230 e. The molecule has 1 amide bonds. The van der Waals surface area contributed by atoms with Gasteiger partial charge in [0.1, 0.15) is 0 Å². The molecule has 0 fully saturated rings. The molecule has 148 valence electrons. The Morgan fingerprint density at radius 1 is 1.18 bits per heavy atom. The minimum absolute atomic E-state index is 0.139. The minimum Gasteiger partial charge on any atom is -0.349 e. The van der Waals surface area contributed by atoms with Gasteiger partial charge < -0.3 is 5.32 Å². The molecule has 0 saturated carbocycles. The second-order valence-corrected chi connectivity index (χ2v) is 11.0. The molecule has 2 aromatic rings. The van der Waals surface area contributed by atoms with Gasteiger partial charge >= 0.3 is 0 Å². The van der Waals surface area contributed by atoms with Gasteiger partial charge in [0.05, 0.1) is 22.4 Å². The van der Waals surface area contributed by atoms with Gasteiger partial charge in [-0.1, -0.05) is 42.5 Å². The first kappa shape index (κ1) is 21.5. The summed E-state index contributed by atoms with van der Waals surface area (Å²) in [6, 6.07) is 17.7. The van der Waals surface area contributed by atoms with Crippen LogP contribution in [0.1, 0.15) is 37.9 Å². The zero-order valence-electron chi connectivity index (χ0n) is 16.5. The Morgan fingerprint density at radius 2 is 1.75 bits per heavy atom. The van der Waals surface area contributed by atoms with Crippen LogP contribution in [0, 0.1) is 11.3 Å². The van der Waals surface area contributed by atoms with Crippen molar-refractivity contribution in [3.05, 3.63) is 77.2 Å². The first-order valence-electron chi connectivity index (χ1n) is 8.88. The van der Waals surface area contributed by atoms with Crippen molar-refractivity contribution in [1.29, 1.82) is 5.26 Å². The number of allylic oxidation sites excluding steroid dienone is 1. The van der Waals surface area contributed by atoms with Gasteiger partial charge in [-0.25, -0.2) is 0 Å². The molecule has 2 rings (SSSR count). The van der Waals surface area contributed by atoms with Crippen LogP contribution in [-0.4, -0.2) is 20.9 Å². The largest absolute Gasteiger partial charge is 0.349 e. The van der Waals surface area contributed by atoms with E-state index in [0.29, 0.717) is 0 Å². The molecule has 0 aliphatic rings. The van der Waals surface area contributed by atoms with Crippen molar-refractivity contribution in [3.8, 4) is 6.07 Å². The van der Waals surface area contributed by atoms with E-state index in [9.17, 15) is 13.6 Å². The lowest BCUT2D eigenvalue weighted by Gasteiger charge is -2.35. The number of rotatable bonds is 6. The van der Waals surface area contributed by atoms with Crippen LogP contribution in [0.4, 0.5) is 0 Å². The number of amides is 1. The summed E-state index contributed by atoms with van der Waals surface area (Å²) in [6.45, 7) is 5.55. The fourth-order valence-electron chi connectivity index (χ4n) is 2.81. The number of nitrogens with zero attached hydrogens (tertiary/aromatic N) is 1. The van der Waals surface area contributed by atoms with Gasteiger partial charge in [0, 0.05) is 17.7 Å². The first-order chi connectivity index (χ1) is 13.0. The van der Waals surface area contributed by atoms with Gasteiger partial charge in [0.25, 0.3) is 0 Å². The van der Waals surface area contributed by atoms with Crippen molar-refractivity contribution in [2.45, 2.75) is 37.1 Å². The smallest absolute Gasteiger partial charge is 0.230 e. The standard InChI is InChI=1S/C22H26N2O3S/c1-17(18-9-6-5-7-10-18)24-21(25)22(2,3)19-11-13-20(14-12-19)28(4,26,27)16-8-15-23/h5-14,16-17H,1-4H3,(H,24,25)(H,26,27)/b16-8+/t17-/m0/s1. The molecule has 28 heavy (non-hydrogen) atoms. The molecule has 2 aromatic carbocycles. The Bertz CT molecular complexity index is 981. The highest BCUT2D eigenvalue weighted by molar-refractivity contribution is 8.17. The normalized spacial score (nSPS) is 14.6. The fourth-order valence-corrected chi connectivity index (χ4v) is 4.14. The van der Waals surface area contributed by atoms with Gasteiger partial charge in [0.15, 0.2) is 0 Å². The second kappa shape index (κ2) is 7.70. The molecule has 1 atom stereocenters. The zero-order chi connectivity index (χ0) is 21.0. The van der Waals surface area contributed by atoms with Gasteiger partial charge in [-0.2, -0.15) is 9.47 Å². The third-order valence-corrected chi connectivity index (χ3v) is 7.02. The van der Waals surface area contributed by atoms with Gasteiger partial charge in [-0.05, 0) is 44.0 Å². The first-order valence-corrected chi connectivity index (χ1v) is 11.3. The highest BCUT2D eigenvalue weighted by Crippen LogP contribution is 2.33. The average Bonchev–Trinajstić information content (AvgIpc) is 2.67. The van der Waals surface area contributed by atoms with Crippen molar-refractivity contribution < 1.29 is 13.6 Å². The maximum atomic E-state index is 12.9. The van der Waals surface area contributed by atoms with E-state index >= 15 is 0 Å². The minimum atomic E-state index is -4.24. The summed E-state index contributed by atoms with van der Waals surface area (Å²) in [5.74, 6) is -0.140. The predicted octanol–water partition coefficient (Wildman–Crippen LogP) is 4.16. The number of carbonyl (C=O) groups is 1. The molecule has 0 heterocycles. The Morgan fingerprint density at radius 3 is 2.29 bits per heavy atom. The van der Waals surface area contributed by atoms with Crippen molar-refractivity contribution in [3.63, 3.8) is 0 Å². The fraction of sp³-hybridized carbons (Fsp3) is 0.273. The van der Waals surface area contributed by atoms with E-state index in [4.69, 9.17) is 5.26 Å². The van der Waals surface area contributed by atoms with Crippen molar-refractivity contribution in [2.75, 3.05) is 6.26 Å². The van der Waals surface area contributed by atoms with Crippen LogP contribution < -0.4 is 5.32 Å². The Kier molecular flexibility index (Phi) is 5.93.